The van der Waals surface area contributed by atoms with Crippen LogP contribution in [0.2, 0.25) is 0 Å². The predicted octanol–water partition coefficient (Wildman–Crippen LogP) is 1.24. The minimum atomic E-state index is -0.848. The summed E-state index contributed by atoms with van der Waals surface area (Å²) in [6.07, 6.45) is 4.83. The van der Waals surface area contributed by atoms with Crippen molar-refractivity contribution >= 4 is 5.91 Å². The van der Waals surface area contributed by atoms with Crippen molar-refractivity contribution in [3.8, 4) is 0 Å². The lowest BCUT2D eigenvalue weighted by Gasteiger charge is -2.33. The number of amides is 1. The minimum Gasteiger partial charge on any atom is -0.383 e. The van der Waals surface area contributed by atoms with Crippen molar-refractivity contribution in [3.05, 3.63) is 29.6 Å². The van der Waals surface area contributed by atoms with Gasteiger partial charge in [-0.3, -0.25) is 14.7 Å². The Balaban J connectivity index is 1.47. The Kier molecular flexibility index (Phi) is 4.74. The number of hydrogen-bond donors (Lipinski definition) is 2. The molecule has 0 aromatic carbocycles. The number of nitrogens with one attached hydrogen (secondary N) is 1. The second-order valence-electron chi connectivity index (χ2n) is 6.61. The van der Waals surface area contributed by atoms with Crippen molar-refractivity contribution in [2.75, 3.05) is 13.1 Å². The molecule has 0 radical (unpaired) electrons. The van der Waals surface area contributed by atoms with Crippen LogP contribution in [0, 0.1) is 12.8 Å². The van der Waals surface area contributed by atoms with E-state index in [4.69, 9.17) is 0 Å². The molecule has 1 saturated heterocycles. The number of nitrogens with zero attached hydrogens (tertiary/aromatic N) is 2. The smallest absolute Gasteiger partial charge is 0.249 e. The SMILES string of the molecule is Cc1cccnc1CN1CCC(C(O)C(=O)NC2CC2)CC1. The maximum atomic E-state index is 11.9. The third kappa shape index (κ3) is 3.84. The van der Waals surface area contributed by atoms with E-state index in [9.17, 15) is 9.90 Å². The van der Waals surface area contributed by atoms with Crippen LogP contribution < -0.4 is 5.32 Å². The summed E-state index contributed by atoms with van der Waals surface area (Å²) in [5.74, 6) is -0.0960. The fraction of sp³-hybridized carbons (Fsp3) is 0.647. The lowest BCUT2D eigenvalue weighted by atomic mass is 9.90. The van der Waals surface area contributed by atoms with Crippen molar-refractivity contribution < 1.29 is 9.90 Å². The highest BCUT2D eigenvalue weighted by Crippen LogP contribution is 2.24. The number of aromatic nitrogens is 1. The molecule has 1 aliphatic carbocycles. The number of likely N-dealkylation sites (tertiary alicyclic amines) is 1. The lowest BCUT2D eigenvalue weighted by Crippen LogP contribution is -2.45. The molecule has 0 spiro atoms. The normalized spacial score (nSPS) is 21.5. The molecule has 2 aliphatic rings. The number of carbonyl (C=O) groups is 1. The van der Waals surface area contributed by atoms with E-state index in [2.05, 4.69) is 28.2 Å². The van der Waals surface area contributed by atoms with Gasteiger partial charge < -0.3 is 10.4 Å². The van der Waals surface area contributed by atoms with Crippen molar-refractivity contribution in [3.63, 3.8) is 0 Å². The van der Waals surface area contributed by atoms with E-state index >= 15 is 0 Å². The summed E-state index contributed by atoms with van der Waals surface area (Å²) in [6, 6.07) is 4.36. The summed E-state index contributed by atoms with van der Waals surface area (Å²) in [5, 5.41) is 13.1. The zero-order valence-electron chi connectivity index (χ0n) is 13.2. The Morgan fingerprint density at radius 1 is 1.41 bits per heavy atom. The van der Waals surface area contributed by atoms with E-state index in [1.54, 1.807) is 0 Å². The van der Waals surface area contributed by atoms with Gasteiger partial charge in [0.1, 0.15) is 6.10 Å². The van der Waals surface area contributed by atoms with Gasteiger partial charge in [0.05, 0.1) is 5.69 Å². The molecule has 22 heavy (non-hydrogen) atoms. The topological polar surface area (TPSA) is 65.5 Å². The van der Waals surface area contributed by atoms with Crippen molar-refractivity contribution in [1.29, 1.82) is 0 Å². The number of pyridine rings is 1. The maximum absolute atomic E-state index is 11.9. The molecule has 0 bridgehead atoms. The monoisotopic (exact) mass is 303 g/mol. The van der Waals surface area contributed by atoms with Gasteiger partial charge in [0.25, 0.3) is 0 Å². The molecular weight excluding hydrogens is 278 g/mol. The van der Waals surface area contributed by atoms with Crippen LogP contribution in [0.15, 0.2) is 18.3 Å². The largest absolute Gasteiger partial charge is 0.383 e. The number of piperidine rings is 1. The number of rotatable bonds is 5. The van der Waals surface area contributed by atoms with Gasteiger partial charge in [0.2, 0.25) is 5.91 Å². The van der Waals surface area contributed by atoms with Crippen LogP contribution in [0.4, 0.5) is 0 Å². The Hall–Kier alpha value is -1.46. The third-order valence-corrected chi connectivity index (χ3v) is 4.76. The molecule has 120 valence electrons. The summed E-state index contributed by atoms with van der Waals surface area (Å²) in [6.45, 7) is 4.76. The summed E-state index contributed by atoms with van der Waals surface area (Å²) < 4.78 is 0. The highest BCUT2D eigenvalue weighted by molar-refractivity contribution is 5.81. The molecule has 1 amide bonds. The molecule has 3 rings (SSSR count). The fourth-order valence-corrected chi connectivity index (χ4v) is 3.05. The first-order valence-corrected chi connectivity index (χ1v) is 8.25. The van der Waals surface area contributed by atoms with Gasteiger partial charge in [0, 0.05) is 18.8 Å². The average Bonchev–Trinajstić information content (AvgIpc) is 3.33. The van der Waals surface area contributed by atoms with Crippen molar-refractivity contribution in [2.45, 2.75) is 51.3 Å². The highest BCUT2D eigenvalue weighted by atomic mass is 16.3. The van der Waals surface area contributed by atoms with E-state index in [0.717, 1.165) is 51.0 Å². The first-order valence-electron chi connectivity index (χ1n) is 8.25. The second-order valence-corrected chi connectivity index (χ2v) is 6.61. The van der Waals surface area contributed by atoms with Gasteiger partial charge in [-0.1, -0.05) is 6.07 Å². The van der Waals surface area contributed by atoms with Crippen molar-refractivity contribution in [2.24, 2.45) is 5.92 Å². The van der Waals surface area contributed by atoms with Crippen LogP contribution in [0.1, 0.15) is 36.9 Å². The molecule has 2 fully saturated rings. The summed E-state index contributed by atoms with van der Waals surface area (Å²) in [5.41, 5.74) is 2.33. The summed E-state index contributed by atoms with van der Waals surface area (Å²) in [4.78, 5) is 18.7. The molecule has 1 aromatic heterocycles. The lowest BCUT2D eigenvalue weighted by molar-refractivity contribution is -0.133. The van der Waals surface area contributed by atoms with Gasteiger partial charge in [-0.2, -0.15) is 0 Å². The molecule has 1 aromatic rings. The van der Waals surface area contributed by atoms with Crippen LogP contribution >= 0.6 is 0 Å². The molecule has 2 N–H and O–H groups in total. The Labute approximate surface area is 131 Å². The van der Waals surface area contributed by atoms with E-state index in [-0.39, 0.29) is 11.8 Å². The summed E-state index contributed by atoms with van der Waals surface area (Å²) >= 11 is 0. The molecule has 5 heteroatoms. The molecule has 1 aliphatic heterocycles. The van der Waals surface area contributed by atoms with E-state index in [0.29, 0.717) is 6.04 Å². The van der Waals surface area contributed by atoms with Crippen LogP contribution in [0.25, 0.3) is 0 Å². The molecule has 5 nitrogen and oxygen atoms in total. The molecule has 2 heterocycles. The number of aliphatic hydroxyl groups excluding tert-OH is 1. The number of hydrogen-bond acceptors (Lipinski definition) is 4. The van der Waals surface area contributed by atoms with Gasteiger partial charge >= 0.3 is 0 Å². The first kappa shape index (κ1) is 15.4. The third-order valence-electron chi connectivity index (χ3n) is 4.76. The van der Waals surface area contributed by atoms with Crippen LogP contribution in [0.5, 0.6) is 0 Å². The van der Waals surface area contributed by atoms with Crippen LogP contribution in [-0.4, -0.2) is 46.1 Å². The number of aliphatic hydroxyl groups is 1. The Bertz CT molecular complexity index is 522. The fourth-order valence-electron chi connectivity index (χ4n) is 3.05. The molecule has 1 unspecified atom stereocenters. The van der Waals surface area contributed by atoms with Gasteiger partial charge in [-0.25, -0.2) is 0 Å². The minimum absolute atomic E-state index is 0.0832. The predicted molar refractivity (Wildman–Crippen MR) is 84.1 cm³/mol. The summed E-state index contributed by atoms with van der Waals surface area (Å²) in [7, 11) is 0. The van der Waals surface area contributed by atoms with Crippen molar-refractivity contribution in [1.82, 2.24) is 15.2 Å². The number of carbonyl (C=O) groups excluding carboxylic acids is 1. The number of aryl methyl sites for hydroxylation is 1. The van der Waals surface area contributed by atoms with E-state index < -0.39 is 6.10 Å². The van der Waals surface area contributed by atoms with E-state index in [1.807, 2.05) is 12.3 Å². The average molecular weight is 303 g/mol. The first-order chi connectivity index (χ1) is 10.6. The standard InChI is InChI=1S/C17H25N3O2/c1-12-3-2-8-18-15(12)11-20-9-6-13(7-10-20)16(21)17(22)19-14-4-5-14/h2-3,8,13-14,16,21H,4-7,9-11H2,1H3,(H,19,22). The van der Waals surface area contributed by atoms with E-state index in [1.165, 1.54) is 5.56 Å². The van der Waals surface area contributed by atoms with Gasteiger partial charge in [-0.15, -0.1) is 0 Å². The molecular formula is C17H25N3O2. The molecule has 1 saturated carbocycles. The zero-order valence-corrected chi connectivity index (χ0v) is 13.2. The quantitative estimate of drug-likeness (QED) is 0.859. The molecule has 1 atom stereocenters. The second kappa shape index (κ2) is 6.75. The van der Waals surface area contributed by atoms with Gasteiger partial charge in [0.15, 0.2) is 0 Å². The highest BCUT2D eigenvalue weighted by Gasteiger charge is 2.33. The zero-order chi connectivity index (χ0) is 15.5. The Morgan fingerprint density at radius 3 is 2.77 bits per heavy atom. The van der Waals surface area contributed by atoms with Crippen LogP contribution in [-0.2, 0) is 11.3 Å². The van der Waals surface area contributed by atoms with Gasteiger partial charge in [-0.05, 0) is 63.2 Å². The van der Waals surface area contributed by atoms with Crippen LogP contribution in [0.3, 0.4) is 0 Å². The maximum Gasteiger partial charge on any atom is 0.249 e. The Morgan fingerprint density at radius 2 is 2.14 bits per heavy atom.